The summed E-state index contributed by atoms with van der Waals surface area (Å²) < 4.78 is 16.8. The third-order valence-electron chi connectivity index (χ3n) is 11.8. The summed E-state index contributed by atoms with van der Waals surface area (Å²) in [5, 5.41) is 0. The maximum absolute atomic E-state index is 12.8. The number of esters is 3. The molecule has 0 bridgehead atoms. The minimum atomic E-state index is -0.822. The second-order valence-electron chi connectivity index (χ2n) is 18.4. The zero-order valence-electron chi connectivity index (χ0n) is 44.3. The zero-order chi connectivity index (χ0) is 49.3. The summed E-state index contributed by atoms with van der Waals surface area (Å²) in [4.78, 5) is 38.1. The van der Waals surface area contributed by atoms with E-state index >= 15 is 0 Å². The summed E-state index contributed by atoms with van der Waals surface area (Å²) in [6, 6.07) is 0. The van der Waals surface area contributed by atoms with Crippen LogP contribution in [0, 0.1) is 0 Å². The Morgan fingerprint density at radius 3 is 0.956 bits per heavy atom. The molecule has 1 unspecified atom stereocenters. The number of unbranched alkanes of at least 4 members (excludes halogenated alkanes) is 23. The fourth-order valence-electron chi connectivity index (χ4n) is 7.68. The molecule has 0 fully saturated rings. The molecule has 0 aromatic heterocycles. The third kappa shape index (κ3) is 53.3. The first-order chi connectivity index (χ1) is 33.5. The number of carbonyl (C=O) groups is 3. The molecule has 0 saturated heterocycles. The molecular weight excluding hydrogens is 841 g/mol. The summed E-state index contributed by atoms with van der Waals surface area (Å²) >= 11 is 0. The molecule has 0 radical (unpaired) electrons. The quantitative estimate of drug-likeness (QED) is 0.0262. The molecule has 0 saturated carbocycles. The van der Waals surface area contributed by atoms with Crippen molar-refractivity contribution in [3.05, 3.63) is 97.2 Å². The normalized spacial score (nSPS) is 12.8. The fraction of sp³-hybridized carbons (Fsp3) is 0.694. The van der Waals surface area contributed by atoms with Crippen LogP contribution in [0.4, 0.5) is 0 Å². The molecule has 0 aliphatic heterocycles. The molecule has 0 heterocycles. The zero-order valence-corrected chi connectivity index (χ0v) is 44.3. The van der Waals surface area contributed by atoms with E-state index in [9.17, 15) is 14.4 Å². The van der Waals surface area contributed by atoms with Gasteiger partial charge in [0.15, 0.2) is 6.10 Å². The molecule has 6 nitrogen and oxygen atoms in total. The highest BCUT2D eigenvalue weighted by Crippen LogP contribution is 2.16. The molecule has 1 atom stereocenters. The van der Waals surface area contributed by atoms with E-state index in [2.05, 4.69) is 106 Å². The smallest absolute Gasteiger partial charge is 0.306 e. The predicted octanol–water partition coefficient (Wildman–Crippen LogP) is 18.9. The van der Waals surface area contributed by atoms with E-state index in [4.69, 9.17) is 14.2 Å². The lowest BCUT2D eigenvalue weighted by atomic mass is 10.0. The van der Waals surface area contributed by atoms with Crippen LogP contribution in [0.3, 0.4) is 0 Å². The number of ether oxygens (including phenoxy) is 3. The summed E-state index contributed by atoms with van der Waals surface area (Å²) in [7, 11) is 0. The van der Waals surface area contributed by atoms with E-state index in [1.165, 1.54) is 109 Å². The minimum absolute atomic E-state index is 0.110. The first-order valence-corrected chi connectivity index (χ1v) is 28.2. The molecule has 68 heavy (non-hydrogen) atoms. The van der Waals surface area contributed by atoms with Crippen LogP contribution >= 0.6 is 0 Å². The number of rotatable bonds is 50. The van der Waals surface area contributed by atoms with Crippen molar-refractivity contribution in [1.82, 2.24) is 0 Å². The van der Waals surface area contributed by atoms with Crippen molar-refractivity contribution in [2.45, 2.75) is 264 Å². The van der Waals surface area contributed by atoms with Gasteiger partial charge in [-0.2, -0.15) is 0 Å². The third-order valence-corrected chi connectivity index (χ3v) is 11.8. The maximum Gasteiger partial charge on any atom is 0.306 e. The van der Waals surface area contributed by atoms with Crippen molar-refractivity contribution in [3.63, 3.8) is 0 Å². The van der Waals surface area contributed by atoms with Gasteiger partial charge in [0, 0.05) is 19.3 Å². The van der Waals surface area contributed by atoms with Crippen LogP contribution in [0.5, 0.6) is 0 Å². The Hall–Kier alpha value is -3.67. The molecule has 6 heteroatoms. The lowest BCUT2D eigenvalue weighted by Gasteiger charge is -2.18. The molecule has 0 spiro atoms. The Morgan fingerprint density at radius 2 is 0.603 bits per heavy atom. The SMILES string of the molecule is CC/C=C\C/C=C\C/C=C\C/C=C\C/C=C\CCC(=O)OC(COC(=O)CCCCCCCC/C=C\C/C=C\C/C=C\CC)COC(=O)CCCCCCCCCCCCCCCCCCCC. The van der Waals surface area contributed by atoms with Gasteiger partial charge >= 0.3 is 17.9 Å². The molecule has 0 aliphatic rings. The van der Waals surface area contributed by atoms with Gasteiger partial charge in [0.25, 0.3) is 0 Å². The van der Waals surface area contributed by atoms with Crippen LogP contribution in [0.2, 0.25) is 0 Å². The second-order valence-corrected chi connectivity index (χ2v) is 18.4. The van der Waals surface area contributed by atoms with Crippen molar-refractivity contribution in [2.24, 2.45) is 0 Å². The molecule has 0 aliphatic carbocycles. The number of hydrogen-bond donors (Lipinski definition) is 0. The van der Waals surface area contributed by atoms with E-state index in [0.717, 1.165) is 103 Å². The average molecular weight is 946 g/mol. The number of allylic oxidation sites excluding steroid dienone is 16. The summed E-state index contributed by atoms with van der Waals surface area (Å²) in [5.74, 6) is -1.00. The van der Waals surface area contributed by atoms with Gasteiger partial charge in [-0.3, -0.25) is 14.4 Å². The van der Waals surface area contributed by atoms with Crippen molar-refractivity contribution >= 4 is 17.9 Å². The van der Waals surface area contributed by atoms with E-state index < -0.39 is 12.1 Å². The summed E-state index contributed by atoms with van der Waals surface area (Å²) in [5.41, 5.74) is 0. The Bertz CT molecular complexity index is 1360. The predicted molar refractivity (Wildman–Crippen MR) is 293 cm³/mol. The average Bonchev–Trinajstić information content (AvgIpc) is 3.34. The number of carbonyl (C=O) groups excluding carboxylic acids is 3. The molecule has 388 valence electrons. The van der Waals surface area contributed by atoms with Crippen LogP contribution in [0.25, 0.3) is 0 Å². The van der Waals surface area contributed by atoms with Crippen molar-refractivity contribution < 1.29 is 28.6 Å². The van der Waals surface area contributed by atoms with Gasteiger partial charge in [0.05, 0.1) is 0 Å². The monoisotopic (exact) mass is 945 g/mol. The molecular formula is C62H104O6. The van der Waals surface area contributed by atoms with E-state index in [0.29, 0.717) is 19.3 Å². The molecule has 0 aromatic rings. The van der Waals surface area contributed by atoms with Gasteiger partial charge in [-0.1, -0.05) is 253 Å². The lowest BCUT2D eigenvalue weighted by Crippen LogP contribution is -2.30. The molecule has 0 N–H and O–H groups in total. The van der Waals surface area contributed by atoms with Crippen LogP contribution < -0.4 is 0 Å². The molecule has 0 rings (SSSR count). The van der Waals surface area contributed by atoms with Crippen molar-refractivity contribution in [1.29, 1.82) is 0 Å². The van der Waals surface area contributed by atoms with E-state index in [-0.39, 0.29) is 31.6 Å². The highest BCUT2D eigenvalue weighted by atomic mass is 16.6. The van der Waals surface area contributed by atoms with Gasteiger partial charge < -0.3 is 14.2 Å². The first-order valence-electron chi connectivity index (χ1n) is 28.2. The van der Waals surface area contributed by atoms with Gasteiger partial charge in [0.2, 0.25) is 0 Å². The van der Waals surface area contributed by atoms with Gasteiger partial charge in [0.1, 0.15) is 13.2 Å². The lowest BCUT2D eigenvalue weighted by molar-refractivity contribution is -0.166. The van der Waals surface area contributed by atoms with Gasteiger partial charge in [-0.05, 0) is 83.5 Å². The van der Waals surface area contributed by atoms with Crippen LogP contribution in [0.15, 0.2) is 97.2 Å². The highest BCUT2D eigenvalue weighted by molar-refractivity contribution is 5.71. The van der Waals surface area contributed by atoms with Crippen LogP contribution in [-0.2, 0) is 28.6 Å². The van der Waals surface area contributed by atoms with Gasteiger partial charge in [-0.25, -0.2) is 0 Å². The highest BCUT2D eigenvalue weighted by Gasteiger charge is 2.19. The largest absolute Gasteiger partial charge is 0.462 e. The summed E-state index contributed by atoms with van der Waals surface area (Å²) in [6.45, 7) is 6.36. The minimum Gasteiger partial charge on any atom is -0.462 e. The number of hydrogen-bond acceptors (Lipinski definition) is 6. The summed E-state index contributed by atoms with van der Waals surface area (Å²) in [6.07, 6.45) is 74.1. The van der Waals surface area contributed by atoms with Crippen molar-refractivity contribution in [2.75, 3.05) is 13.2 Å². The molecule has 0 aromatic carbocycles. The topological polar surface area (TPSA) is 78.9 Å². The van der Waals surface area contributed by atoms with Crippen molar-refractivity contribution in [3.8, 4) is 0 Å². The van der Waals surface area contributed by atoms with Crippen LogP contribution in [-0.4, -0.2) is 37.2 Å². The van der Waals surface area contributed by atoms with E-state index in [1.54, 1.807) is 0 Å². The fourth-order valence-corrected chi connectivity index (χ4v) is 7.68. The molecule has 0 amide bonds. The Balaban J connectivity index is 4.48. The second kappa shape index (κ2) is 55.9. The van der Waals surface area contributed by atoms with Gasteiger partial charge in [-0.15, -0.1) is 0 Å². The Kier molecular flexibility index (Phi) is 52.9. The standard InChI is InChI=1S/C62H104O6/c1-4-7-10-13-16-19-22-25-28-31-32-35-37-40-43-46-49-52-55-61(64)67-58-59(68-62(65)56-53-50-47-44-41-38-34-30-27-24-21-18-15-12-9-6-3)57-66-60(63)54-51-48-45-42-39-36-33-29-26-23-20-17-14-11-8-5-2/h8-9,11-12,17-18,20-21,26-27,29-30,38,41,47,50,59H,4-7,10,13-16,19,22-25,28,31-37,39-40,42-46,48-49,51-58H2,1-3H3/b11-8-,12-9-,20-17-,21-18-,29-26-,30-27-,41-38-,50-47-. The van der Waals surface area contributed by atoms with Crippen LogP contribution in [0.1, 0.15) is 258 Å². The Morgan fingerprint density at radius 1 is 0.309 bits per heavy atom. The Labute approximate surface area is 419 Å². The maximum atomic E-state index is 12.8. The first kappa shape index (κ1) is 64.3. The van der Waals surface area contributed by atoms with E-state index in [1.807, 2.05) is 12.2 Å².